The minimum atomic E-state index is -5.07. The molecule has 0 radical (unpaired) electrons. The number of aromatic carboxylic acids is 1. The van der Waals surface area contributed by atoms with Crippen LogP contribution in [0.5, 0.6) is 5.75 Å². The van der Waals surface area contributed by atoms with Gasteiger partial charge in [0.2, 0.25) is 0 Å². The quantitative estimate of drug-likeness (QED) is 0.220. The zero-order valence-corrected chi connectivity index (χ0v) is 25.9. The van der Waals surface area contributed by atoms with Crippen molar-refractivity contribution in [2.45, 2.75) is 26.1 Å². The second-order valence-electron chi connectivity index (χ2n) is 10.5. The zero-order valence-electron chi connectivity index (χ0n) is 25.0. The van der Waals surface area contributed by atoms with E-state index in [2.05, 4.69) is 4.99 Å². The first-order chi connectivity index (χ1) is 22.4. The number of allylic oxidation sites excluding steroid dienone is 1. The Bertz CT molecular complexity index is 2300. The van der Waals surface area contributed by atoms with Crippen LogP contribution >= 0.6 is 11.3 Å². The molecule has 240 valence electrons. The summed E-state index contributed by atoms with van der Waals surface area (Å²) in [6.45, 7) is 2.98. The van der Waals surface area contributed by atoms with Crippen LogP contribution in [-0.2, 0) is 9.53 Å². The van der Waals surface area contributed by atoms with Gasteiger partial charge < -0.3 is 19.0 Å². The highest BCUT2D eigenvalue weighted by atomic mass is 32.1. The van der Waals surface area contributed by atoms with Gasteiger partial charge in [0, 0.05) is 17.2 Å². The molecule has 5 aromatic rings. The number of furan rings is 1. The topological polar surface area (TPSA) is 120 Å². The van der Waals surface area contributed by atoms with Crippen molar-refractivity contribution in [1.29, 1.82) is 0 Å². The number of aromatic nitrogens is 1. The third-order valence-corrected chi connectivity index (χ3v) is 8.64. The molecule has 1 atom stereocenters. The molecule has 3 heterocycles. The van der Waals surface area contributed by atoms with Crippen molar-refractivity contribution in [3.63, 3.8) is 0 Å². The molecule has 0 bridgehead atoms. The number of carbonyl (C=O) groups excluding carboxylic acids is 1. The molecule has 2 aromatic heterocycles. The summed E-state index contributed by atoms with van der Waals surface area (Å²) < 4.78 is 61.7. The fourth-order valence-corrected chi connectivity index (χ4v) is 6.61. The number of nitrogens with zero attached hydrogens (tertiary/aromatic N) is 2. The fourth-order valence-electron chi connectivity index (χ4n) is 5.63. The molecule has 1 N–H and O–H groups in total. The summed E-state index contributed by atoms with van der Waals surface area (Å²) in [6.07, 6.45) is -3.69. The van der Waals surface area contributed by atoms with Gasteiger partial charge in [0.1, 0.15) is 23.3 Å². The number of benzene rings is 3. The Balaban J connectivity index is 1.60. The fraction of sp³-hybridized carbons (Fsp3) is 0.176. The van der Waals surface area contributed by atoms with Crippen LogP contribution in [0.2, 0.25) is 0 Å². The van der Waals surface area contributed by atoms with Gasteiger partial charge in [0.25, 0.3) is 5.56 Å². The smallest absolute Gasteiger partial charge is 0.434 e. The second-order valence-corrected chi connectivity index (χ2v) is 11.5. The first kappa shape index (κ1) is 31.5. The van der Waals surface area contributed by atoms with E-state index in [-0.39, 0.29) is 38.6 Å². The number of hydrogen-bond donors (Lipinski definition) is 1. The molecule has 0 aliphatic carbocycles. The first-order valence-electron chi connectivity index (χ1n) is 14.2. The molecule has 9 nitrogen and oxygen atoms in total. The van der Waals surface area contributed by atoms with Crippen LogP contribution in [0.4, 0.5) is 13.2 Å². The lowest BCUT2D eigenvalue weighted by Crippen LogP contribution is -2.41. The Hall–Kier alpha value is -5.43. The van der Waals surface area contributed by atoms with Crippen LogP contribution in [0.3, 0.4) is 0 Å². The van der Waals surface area contributed by atoms with E-state index in [0.717, 1.165) is 4.57 Å². The highest BCUT2D eigenvalue weighted by Crippen LogP contribution is 2.43. The summed E-state index contributed by atoms with van der Waals surface area (Å²) in [4.78, 5) is 42.4. The molecule has 0 saturated heterocycles. The monoisotopic (exact) mass is 662 g/mol. The van der Waals surface area contributed by atoms with Crippen LogP contribution < -0.4 is 19.6 Å². The number of methoxy groups -OCH3 is 1. The van der Waals surface area contributed by atoms with Crippen molar-refractivity contribution >= 4 is 40.1 Å². The maximum atomic E-state index is 14.7. The summed E-state index contributed by atoms with van der Waals surface area (Å²) in [7, 11) is 1.35. The molecule has 6 rings (SSSR count). The molecule has 1 aliphatic heterocycles. The summed E-state index contributed by atoms with van der Waals surface area (Å²) in [5, 5.41) is 10.4. The Kier molecular flexibility index (Phi) is 8.10. The van der Waals surface area contributed by atoms with Gasteiger partial charge >= 0.3 is 18.1 Å². The third kappa shape index (κ3) is 5.63. The van der Waals surface area contributed by atoms with E-state index in [0.29, 0.717) is 39.0 Å². The highest BCUT2D eigenvalue weighted by Gasteiger charge is 2.46. The average Bonchev–Trinajstić information content (AvgIpc) is 3.63. The lowest BCUT2D eigenvalue weighted by Gasteiger charge is -2.28. The van der Waals surface area contributed by atoms with Crippen molar-refractivity contribution < 1.29 is 41.8 Å². The summed E-state index contributed by atoms with van der Waals surface area (Å²) in [5.41, 5.74) is -1.49. The van der Waals surface area contributed by atoms with Gasteiger partial charge in [-0.05, 0) is 60.5 Å². The number of carboxylic acids is 1. The number of carboxylic acid groups (broad SMARTS) is 1. The predicted octanol–water partition coefficient (Wildman–Crippen LogP) is 5.77. The van der Waals surface area contributed by atoms with E-state index in [1.54, 1.807) is 61.5 Å². The van der Waals surface area contributed by atoms with Crippen LogP contribution in [0.25, 0.3) is 28.2 Å². The number of rotatable bonds is 7. The summed E-state index contributed by atoms with van der Waals surface area (Å²) in [6, 6.07) is 16.3. The molecule has 0 amide bonds. The van der Waals surface area contributed by atoms with Crippen LogP contribution in [0.1, 0.15) is 40.2 Å². The molecule has 3 aromatic carbocycles. The van der Waals surface area contributed by atoms with Gasteiger partial charge in [0.05, 0.1) is 29.4 Å². The molecule has 0 fully saturated rings. The molecule has 0 unspecified atom stereocenters. The number of ether oxygens (including phenoxy) is 2. The summed E-state index contributed by atoms with van der Waals surface area (Å²) in [5.74, 6) is -1.58. The highest BCUT2D eigenvalue weighted by molar-refractivity contribution is 7.07. The zero-order chi connectivity index (χ0) is 33.6. The number of carbonyl (C=O) groups is 2. The van der Waals surface area contributed by atoms with Crippen LogP contribution in [-0.4, -0.2) is 41.5 Å². The maximum absolute atomic E-state index is 14.7. The largest absolute Gasteiger partial charge is 0.496 e. The number of hydrogen-bond acceptors (Lipinski definition) is 8. The molecule has 1 aliphatic rings. The molecule has 47 heavy (non-hydrogen) atoms. The van der Waals surface area contributed by atoms with E-state index in [4.69, 9.17) is 13.9 Å². The maximum Gasteiger partial charge on any atom is 0.434 e. The van der Waals surface area contributed by atoms with Crippen molar-refractivity contribution in [2.75, 3.05) is 13.7 Å². The SMILES string of the molecule is CCOC(=O)C1=C(C(F)(F)F)N=c2s/c(=C\c3ccc(-c4ccc(C(=O)O)cc4C)o3)c(=O)n2[C@H]1c1c(OC)ccc2ccccc12. The number of fused-ring (bicyclic) bond motifs is 2. The second kappa shape index (κ2) is 12.1. The lowest BCUT2D eigenvalue weighted by atomic mass is 9.90. The number of aryl methyl sites for hydroxylation is 1. The van der Waals surface area contributed by atoms with Crippen molar-refractivity contribution in [2.24, 2.45) is 4.99 Å². The Morgan fingerprint density at radius 3 is 2.55 bits per heavy atom. The molecular formula is C34H25F3N2O7S. The normalized spacial score (nSPS) is 15.0. The molecule has 0 saturated carbocycles. The van der Waals surface area contributed by atoms with E-state index in [1.807, 2.05) is 0 Å². The molecular weight excluding hydrogens is 637 g/mol. The minimum absolute atomic E-state index is 0.00145. The summed E-state index contributed by atoms with van der Waals surface area (Å²) >= 11 is 0.710. The van der Waals surface area contributed by atoms with E-state index < -0.39 is 41.0 Å². The predicted molar refractivity (Wildman–Crippen MR) is 167 cm³/mol. The number of esters is 1. The van der Waals surface area contributed by atoms with Gasteiger partial charge in [-0.15, -0.1) is 0 Å². The number of alkyl halides is 3. The average molecular weight is 663 g/mol. The van der Waals surface area contributed by atoms with Crippen molar-refractivity contribution in [3.8, 4) is 17.1 Å². The lowest BCUT2D eigenvalue weighted by molar-refractivity contribution is -0.140. The van der Waals surface area contributed by atoms with Gasteiger partial charge in [-0.3, -0.25) is 9.36 Å². The third-order valence-electron chi connectivity index (χ3n) is 7.66. The first-order valence-corrected chi connectivity index (χ1v) is 15.0. The Morgan fingerprint density at radius 1 is 1.11 bits per heavy atom. The number of halogens is 3. The minimum Gasteiger partial charge on any atom is -0.496 e. The van der Waals surface area contributed by atoms with Gasteiger partial charge in [-0.25, -0.2) is 14.6 Å². The van der Waals surface area contributed by atoms with E-state index in [9.17, 15) is 32.7 Å². The van der Waals surface area contributed by atoms with Crippen molar-refractivity contribution in [3.05, 3.63) is 120 Å². The Labute approximate surface area is 268 Å². The molecule has 13 heteroatoms. The van der Waals surface area contributed by atoms with E-state index >= 15 is 0 Å². The standard InChI is InChI=1S/C34H25F3N2O7S/c1-4-45-32(43)27-28(26-22-8-6-5-7-18(22)10-13-24(26)44-3)39-30(40)25(47-33(39)38-29(27)34(35,36)37)16-20-11-14-23(46-20)21-12-9-19(31(41)42)15-17(21)2/h5-16,28H,4H2,1-3H3,(H,41,42)/b25-16-/t28-/m0/s1. The van der Waals surface area contributed by atoms with Crippen molar-refractivity contribution in [1.82, 2.24) is 4.57 Å². The van der Waals surface area contributed by atoms with Gasteiger partial charge in [-0.1, -0.05) is 47.7 Å². The molecule has 0 spiro atoms. The van der Waals surface area contributed by atoms with Gasteiger partial charge in [0.15, 0.2) is 10.5 Å². The Morgan fingerprint density at radius 2 is 1.87 bits per heavy atom. The van der Waals surface area contributed by atoms with Crippen LogP contribution in [0.15, 0.2) is 92.2 Å². The number of thiazole rings is 1. The van der Waals surface area contributed by atoms with Gasteiger partial charge in [-0.2, -0.15) is 13.2 Å². The van der Waals surface area contributed by atoms with E-state index in [1.165, 1.54) is 32.2 Å². The van der Waals surface area contributed by atoms with Crippen LogP contribution in [0, 0.1) is 6.92 Å².